The van der Waals surface area contributed by atoms with E-state index in [0.29, 0.717) is 28.7 Å². The lowest BCUT2D eigenvalue weighted by Crippen LogP contribution is -2.41. The first-order valence-electron chi connectivity index (χ1n) is 13.7. The first-order valence-corrected chi connectivity index (χ1v) is 14.6. The molecule has 11 heteroatoms. The van der Waals surface area contributed by atoms with Crippen LogP contribution < -0.4 is 25.6 Å². The summed E-state index contributed by atoms with van der Waals surface area (Å²) in [6, 6.07) is 14.0. The Labute approximate surface area is 238 Å². The largest absolute Gasteiger partial charge is 0.433 e. The molecule has 1 saturated heterocycles. The lowest BCUT2D eigenvalue weighted by Gasteiger charge is -2.36. The number of benzene rings is 2. The van der Waals surface area contributed by atoms with Crippen LogP contribution in [0.25, 0.3) is 0 Å². The zero-order chi connectivity index (χ0) is 28.2. The second-order valence-electron chi connectivity index (χ2n) is 10.6. The van der Waals surface area contributed by atoms with Crippen molar-refractivity contribution < 1.29 is 13.5 Å². The third-order valence-corrected chi connectivity index (χ3v) is 8.25. The van der Waals surface area contributed by atoms with Crippen LogP contribution in [0, 0.1) is 0 Å². The van der Waals surface area contributed by atoms with Crippen molar-refractivity contribution in [2.45, 2.75) is 55.9 Å². The number of nitrogens with one attached hydrogen (secondary N) is 3. The minimum Gasteiger partial charge on any atom is -0.433 e. The van der Waals surface area contributed by atoms with Gasteiger partial charge in [0, 0.05) is 53.1 Å². The van der Waals surface area contributed by atoms with Crippen LogP contribution in [-0.2, 0) is 6.42 Å². The molecule has 0 unspecified atom stereocenters. The summed E-state index contributed by atoms with van der Waals surface area (Å²) in [5.74, 6) is 1.77. The molecular weight excluding hydrogens is 532 g/mol. The van der Waals surface area contributed by atoms with E-state index in [1.54, 1.807) is 23.9 Å². The zero-order valence-corrected chi connectivity index (χ0v) is 24.2. The van der Waals surface area contributed by atoms with Gasteiger partial charge in [-0.1, -0.05) is 26.0 Å². The molecule has 0 bridgehead atoms. The minimum atomic E-state index is -2.95. The molecule has 1 fully saturated rings. The first-order chi connectivity index (χ1) is 19.3. The van der Waals surface area contributed by atoms with E-state index >= 15 is 0 Å². The van der Waals surface area contributed by atoms with Crippen LogP contribution in [0.3, 0.4) is 0 Å². The van der Waals surface area contributed by atoms with Crippen molar-refractivity contribution in [1.29, 1.82) is 0 Å². The number of nitrogens with zero attached hydrogens (tertiary/aromatic N) is 4. The van der Waals surface area contributed by atoms with Gasteiger partial charge in [-0.2, -0.15) is 18.7 Å². The van der Waals surface area contributed by atoms with Gasteiger partial charge in [0.05, 0.1) is 11.4 Å². The zero-order valence-electron chi connectivity index (χ0n) is 23.4. The summed E-state index contributed by atoms with van der Waals surface area (Å²) in [7, 11) is 4.19. The molecule has 3 heterocycles. The van der Waals surface area contributed by atoms with E-state index < -0.39 is 6.61 Å². The van der Waals surface area contributed by atoms with Gasteiger partial charge in [-0.25, -0.2) is 0 Å². The van der Waals surface area contributed by atoms with Crippen LogP contribution in [0.1, 0.15) is 32.3 Å². The van der Waals surface area contributed by atoms with Crippen molar-refractivity contribution in [2.75, 3.05) is 54.6 Å². The Bertz CT molecular complexity index is 1320. The average molecular weight is 570 g/mol. The third-order valence-electron chi connectivity index (χ3n) is 7.16. The molecule has 2 aliphatic rings. The average Bonchev–Trinajstić information content (AvgIpc) is 3.39. The molecule has 5 rings (SSSR count). The molecule has 0 radical (unpaired) electrons. The molecule has 0 atom stereocenters. The van der Waals surface area contributed by atoms with Gasteiger partial charge >= 0.3 is 6.61 Å². The molecule has 0 amide bonds. The number of ether oxygens (including phenoxy) is 1. The SMILES string of the molecule is CC(C)Sc1ccccc1Nc1nc(Nc2ccc(N3CCC(N(C)C)CC3)cc2OC(F)F)nc2c1CCN2. The summed E-state index contributed by atoms with van der Waals surface area (Å²) in [6.07, 6.45) is 2.82. The summed E-state index contributed by atoms with van der Waals surface area (Å²) >= 11 is 1.78. The number of para-hydroxylation sites is 1. The van der Waals surface area contributed by atoms with Crippen molar-refractivity contribution in [2.24, 2.45) is 0 Å². The van der Waals surface area contributed by atoms with Gasteiger partial charge in [-0.3, -0.25) is 0 Å². The summed E-state index contributed by atoms with van der Waals surface area (Å²) < 4.78 is 31.9. The second-order valence-corrected chi connectivity index (χ2v) is 12.2. The Morgan fingerprint density at radius 1 is 1.05 bits per heavy atom. The van der Waals surface area contributed by atoms with Crippen LogP contribution in [-0.4, -0.2) is 66.5 Å². The molecule has 0 saturated carbocycles. The Balaban J connectivity index is 1.41. The fraction of sp³-hybridized carbons (Fsp3) is 0.448. The highest BCUT2D eigenvalue weighted by atomic mass is 32.2. The maximum Gasteiger partial charge on any atom is 0.387 e. The number of alkyl halides is 2. The van der Waals surface area contributed by atoms with Crippen molar-refractivity contribution >= 4 is 46.4 Å². The third kappa shape index (κ3) is 6.69. The van der Waals surface area contributed by atoms with E-state index in [0.717, 1.165) is 66.5 Å². The van der Waals surface area contributed by atoms with E-state index in [1.807, 2.05) is 24.3 Å². The summed E-state index contributed by atoms with van der Waals surface area (Å²) in [5.41, 5.74) is 3.20. The van der Waals surface area contributed by atoms with Gasteiger partial charge in [-0.05, 0) is 57.6 Å². The van der Waals surface area contributed by atoms with E-state index in [4.69, 9.17) is 9.72 Å². The number of hydrogen-bond acceptors (Lipinski definition) is 9. The summed E-state index contributed by atoms with van der Waals surface area (Å²) in [6.45, 7) is 3.83. The Morgan fingerprint density at radius 2 is 1.82 bits per heavy atom. The highest BCUT2D eigenvalue weighted by Gasteiger charge is 2.24. The van der Waals surface area contributed by atoms with Gasteiger partial charge in [0.2, 0.25) is 5.95 Å². The molecule has 0 spiro atoms. The van der Waals surface area contributed by atoms with Crippen molar-refractivity contribution in [1.82, 2.24) is 14.9 Å². The summed E-state index contributed by atoms with van der Waals surface area (Å²) in [5, 5.41) is 10.4. The van der Waals surface area contributed by atoms with E-state index in [9.17, 15) is 8.78 Å². The number of rotatable bonds is 10. The molecule has 2 aliphatic heterocycles. The Hall–Kier alpha value is -3.31. The van der Waals surface area contributed by atoms with Gasteiger partial charge in [-0.15, -0.1) is 11.8 Å². The van der Waals surface area contributed by atoms with Crippen molar-refractivity contribution in [3.8, 4) is 5.75 Å². The van der Waals surface area contributed by atoms with Crippen molar-refractivity contribution in [3.05, 3.63) is 48.0 Å². The fourth-order valence-corrected chi connectivity index (χ4v) is 6.06. The topological polar surface area (TPSA) is 77.6 Å². The van der Waals surface area contributed by atoms with E-state index in [2.05, 4.69) is 64.7 Å². The van der Waals surface area contributed by atoms with Crippen LogP contribution in [0.4, 0.5) is 43.4 Å². The normalized spacial score (nSPS) is 15.5. The standard InChI is InChI=1S/C29H37F2N7OS/c1-18(2)40-25-8-6-5-7-23(25)33-27-21-11-14-32-26(21)35-29(36-27)34-22-10-9-20(17-24(22)39-28(30)31)38-15-12-19(13-16-38)37(3)4/h5-10,17-19,28H,11-16H2,1-4H3,(H3,32,33,34,35,36). The molecule has 1 aromatic heterocycles. The van der Waals surface area contributed by atoms with Crippen LogP contribution in [0.5, 0.6) is 5.75 Å². The minimum absolute atomic E-state index is 0.0625. The highest BCUT2D eigenvalue weighted by molar-refractivity contribution is 8.00. The molecule has 0 aliphatic carbocycles. The Morgan fingerprint density at radius 3 is 2.55 bits per heavy atom. The van der Waals surface area contributed by atoms with Crippen molar-refractivity contribution in [3.63, 3.8) is 0 Å². The predicted octanol–water partition coefficient (Wildman–Crippen LogP) is 6.56. The van der Waals surface area contributed by atoms with Gasteiger partial charge in [0.1, 0.15) is 11.6 Å². The molecule has 3 aromatic rings. The number of hydrogen-bond donors (Lipinski definition) is 3. The van der Waals surface area contributed by atoms with Gasteiger partial charge in [0.15, 0.2) is 5.75 Å². The van der Waals surface area contributed by atoms with Crippen LogP contribution >= 0.6 is 11.8 Å². The maximum absolute atomic E-state index is 13.4. The second kappa shape index (κ2) is 12.5. The Kier molecular flexibility index (Phi) is 8.80. The van der Waals surface area contributed by atoms with Crippen LogP contribution in [0.2, 0.25) is 0 Å². The molecule has 40 heavy (non-hydrogen) atoms. The lowest BCUT2D eigenvalue weighted by atomic mass is 10.0. The number of anilines is 6. The number of fused-ring (bicyclic) bond motifs is 1. The summed E-state index contributed by atoms with van der Waals surface area (Å²) in [4.78, 5) is 15.0. The number of aromatic nitrogens is 2. The van der Waals surface area contributed by atoms with E-state index in [-0.39, 0.29) is 5.75 Å². The van der Waals surface area contributed by atoms with E-state index in [1.165, 1.54) is 0 Å². The van der Waals surface area contributed by atoms with Gasteiger partial charge < -0.3 is 30.5 Å². The quantitative estimate of drug-likeness (QED) is 0.235. The smallest absolute Gasteiger partial charge is 0.387 e. The first kappa shape index (κ1) is 28.2. The number of piperidine rings is 1. The monoisotopic (exact) mass is 569 g/mol. The molecule has 8 nitrogen and oxygen atoms in total. The molecule has 2 aromatic carbocycles. The highest BCUT2D eigenvalue weighted by Crippen LogP contribution is 2.38. The van der Waals surface area contributed by atoms with Crippen LogP contribution in [0.15, 0.2) is 47.4 Å². The molecule has 214 valence electrons. The maximum atomic E-state index is 13.4. The fourth-order valence-electron chi connectivity index (χ4n) is 5.15. The number of thioether (sulfide) groups is 1. The molecule has 3 N–H and O–H groups in total. The molecular formula is C29H37F2N7OS. The van der Waals surface area contributed by atoms with Gasteiger partial charge in [0.25, 0.3) is 0 Å². The number of halogens is 2. The lowest BCUT2D eigenvalue weighted by molar-refractivity contribution is -0.0493. The predicted molar refractivity (Wildman–Crippen MR) is 160 cm³/mol.